The third-order valence-electron chi connectivity index (χ3n) is 7.34. The van der Waals surface area contributed by atoms with Crippen LogP contribution in [0.25, 0.3) is 64.6 Å². The molecular formula is C30H26O4P4V4. The molecule has 0 aliphatic heterocycles. The Balaban J connectivity index is 0.00000121. The van der Waals surface area contributed by atoms with E-state index in [9.17, 15) is 0 Å². The van der Waals surface area contributed by atoms with Crippen molar-refractivity contribution in [1.29, 1.82) is 0 Å². The van der Waals surface area contributed by atoms with Crippen LogP contribution in [-0.4, -0.2) is 26.7 Å². The molecule has 4 nitrogen and oxygen atoms in total. The second-order valence-electron chi connectivity index (χ2n) is 9.11. The number of hydrogen-bond acceptors (Lipinski definition) is 4. The van der Waals surface area contributed by atoms with Gasteiger partial charge >= 0.3 is 0 Å². The Hall–Kier alpha value is -0.122. The summed E-state index contributed by atoms with van der Waals surface area (Å²) in [6.07, 6.45) is 0. The molecule has 0 saturated heterocycles. The molecule has 0 aromatic heterocycles. The largest absolute Gasteiger partial charge is 0.477 e. The standard InChI is InChI=1S/C30H26O4P4.4V/c1-35-31-23-13-24(32-36-2)20-10-6-16-18-8-12-22-26(34-38-4)14-25(33-37-3)21-11-7-17(28(18)30(21)22)15-5-9-19(23)29(20)27(15)16;;;;/h5-14,35-38H,1-4H3;;;;. The van der Waals surface area contributed by atoms with Gasteiger partial charge in [0.15, 0.2) is 0 Å². The Labute approximate surface area is 299 Å². The SMILES string of the molecule is CPOc1cc(OPC)c2ccc3c4ccc5c(OPC)cc(OPC)c6ccc(c7ccc1c2c73)c4c65.[V].[V].[V].[V]. The van der Waals surface area contributed by atoms with Gasteiger partial charge in [0, 0.05) is 119 Å². The van der Waals surface area contributed by atoms with E-state index < -0.39 is 0 Å². The van der Waals surface area contributed by atoms with Crippen molar-refractivity contribution in [2.75, 3.05) is 26.7 Å². The van der Waals surface area contributed by atoms with E-state index in [2.05, 4.69) is 87.3 Å². The molecule has 4 unspecified atom stereocenters. The first-order valence-electron chi connectivity index (χ1n) is 12.4. The molecule has 0 fully saturated rings. The van der Waals surface area contributed by atoms with Gasteiger partial charge in [-0.25, -0.2) is 0 Å². The van der Waals surface area contributed by atoms with Gasteiger partial charge in [0.2, 0.25) is 0 Å². The van der Waals surface area contributed by atoms with Gasteiger partial charge in [-0.15, -0.1) is 0 Å². The van der Waals surface area contributed by atoms with Gasteiger partial charge in [-0.2, -0.15) is 0 Å². The first-order chi connectivity index (χ1) is 18.7. The van der Waals surface area contributed by atoms with Crippen LogP contribution in [0.5, 0.6) is 23.0 Å². The molecule has 7 rings (SSSR count). The van der Waals surface area contributed by atoms with Crippen LogP contribution < -0.4 is 18.1 Å². The van der Waals surface area contributed by atoms with Crippen molar-refractivity contribution in [1.82, 2.24) is 0 Å². The third-order valence-corrected chi connectivity index (χ3v) is 9.03. The fourth-order valence-electron chi connectivity index (χ4n) is 6.04. The Morgan fingerprint density at radius 1 is 0.333 bits per heavy atom. The summed E-state index contributed by atoms with van der Waals surface area (Å²) in [7, 11) is 1.43. The molecule has 0 aliphatic carbocycles. The van der Waals surface area contributed by atoms with Crippen molar-refractivity contribution in [2.45, 2.75) is 0 Å². The van der Waals surface area contributed by atoms with Crippen molar-refractivity contribution in [3.05, 3.63) is 60.7 Å². The zero-order valence-electron chi connectivity index (χ0n) is 23.2. The minimum Gasteiger partial charge on any atom is -0.477 e. The Bertz CT molecular complexity index is 1730. The normalized spacial score (nSPS) is 12.1. The minimum atomic E-state index is 0. The van der Waals surface area contributed by atoms with Crippen LogP contribution in [0.3, 0.4) is 0 Å². The van der Waals surface area contributed by atoms with Crippen molar-refractivity contribution in [3.8, 4) is 23.0 Å². The molecule has 0 N–H and O–H groups in total. The summed E-state index contributed by atoms with van der Waals surface area (Å²) in [5, 5.41) is 14.4. The molecule has 4 radical (unpaired) electrons. The monoisotopic (exact) mass is 778 g/mol. The van der Waals surface area contributed by atoms with Crippen LogP contribution >= 0.6 is 35.2 Å². The molecule has 7 aromatic carbocycles. The Morgan fingerprint density at radius 3 is 0.738 bits per heavy atom. The van der Waals surface area contributed by atoms with Crippen LogP contribution in [0.1, 0.15) is 0 Å². The van der Waals surface area contributed by atoms with E-state index in [1.165, 1.54) is 43.1 Å². The summed E-state index contributed by atoms with van der Waals surface area (Å²) in [6, 6.07) is 22.0. The van der Waals surface area contributed by atoms with Crippen LogP contribution in [0.15, 0.2) is 60.7 Å². The van der Waals surface area contributed by atoms with Crippen molar-refractivity contribution < 1.29 is 92.3 Å². The topological polar surface area (TPSA) is 36.9 Å². The zero-order chi connectivity index (χ0) is 26.0. The number of fused-ring (bicyclic) bond motifs is 2. The summed E-state index contributed by atoms with van der Waals surface area (Å²) >= 11 is 0. The second kappa shape index (κ2) is 15.0. The fourth-order valence-corrected chi connectivity index (χ4v) is 7.59. The van der Waals surface area contributed by atoms with Gasteiger partial charge in [0.05, 0.1) is 35.2 Å². The molecule has 210 valence electrons. The van der Waals surface area contributed by atoms with Gasteiger partial charge in [-0.1, -0.05) is 24.3 Å². The van der Waals surface area contributed by atoms with Crippen LogP contribution in [-0.2, 0) is 74.2 Å². The molecule has 7 aromatic rings. The van der Waals surface area contributed by atoms with Gasteiger partial charge in [0.1, 0.15) is 23.0 Å². The van der Waals surface area contributed by atoms with Crippen LogP contribution in [0.4, 0.5) is 0 Å². The quantitative estimate of drug-likeness (QED) is 0.0875. The molecule has 4 atom stereocenters. The molecule has 0 bridgehead atoms. The predicted molar refractivity (Wildman–Crippen MR) is 173 cm³/mol. The van der Waals surface area contributed by atoms with Gasteiger partial charge < -0.3 is 18.1 Å². The smallest absolute Gasteiger partial charge is 0.134 e. The van der Waals surface area contributed by atoms with E-state index in [1.54, 1.807) is 0 Å². The van der Waals surface area contributed by atoms with E-state index in [4.69, 9.17) is 18.1 Å². The van der Waals surface area contributed by atoms with Gasteiger partial charge in [0.25, 0.3) is 0 Å². The molecule has 0 heterocycles. The van der Waals surface area contributed by atoms with E-state index in [0.717, 1.165) is 44.5 Å². The molecule has 0 spiro atoms. The molecule has 42 heavy (non-hydrogen) atoms. The van der Waals surface area contributed by atoms with E-state index in [-0.39, 0.29) is 74.2 Å². The van der Waals surface area contributed by atoms with Crippen molar-refractivity contribution >= 4 is 99.9 Å². The maximum absolute atomic E-state index is 6.14. The molecule has 0 saturated carbocycles. The summed E-state index contributed by atoms with van der Waals surface area (Å²) < 4.78 is 24.6. The van der Waals surface area contributed by atoms with Gasteiger partial charge in [-0.05, 0) is 83.2 Å². The fraction of sp³-hybridized carbons (Fsp3) is 0.133. The molecular weight excluding hydrogens is 752 g/mol. The summed E-state index contributed by atoms with van der Waals surface area (Å²) in [5.41, 5.74) is 0. The van der Waals surface area contributed by atoms with E-state index >= 15 is 0 Å². The Kier molecular flexibility index (Phi) is 13.0. The molecule has 0 amide bonds. The minimum absolute atomic E-state index is 0. The summed E-state index contributed by atoms with van der Waals surface area (Å²) in [5.74, 6) is 3.54. The van der Waals surface area contributed by atoms with Gasteiger partial charge in [-0.3, -0.25) is 0 Å². The van der Waals surface area contributed by atoms with Crippen molar-refractivity contribution in [2.24, 2.45) is 0 Å². The van der Waals surface area contributed by atoms with Crippen LogP contribution in [0.2, 0.25) is 0 Å². The first-order valence-corrected chi connectivity index (χ1v) is 18.1. The maximum Gasteiger partial charge on any atom is 0.134 e. The number of benzene rings is 7. The summed E-state index contributed by atoms with van der Waals surface area (Å²) in [6.45, 7) is 8.22. The first kappa shape index (κ1) is 36.3. The zero-order valence-corrected chi connectivity index (χ0v) is 32.8. The maximum atomic E-state index is 6.14. The second-order valence-corrected chi connectivity index (χ2v) is 11.6. The average Bonchev–Trinajstić information content (AvgIpc) is 2.93. The third kappa shape index (κ3) is 5.59. The number of rotatable bonds is 8. The van der Waals surface area contributed by atoms with Crippen molar-refractivity contribution in [3.63, 3.8) is 0 Å². The van der Waals surface area contributed by atoms with Crippen LogP contribution in [0, 0.1) is 0 Å². The number of hydrogen-bond donors (Lipinski definition) is 0. The molecule has 0 aliphatic rings. The Morgan fingerprint density at radius 2 is 0.524 bits per heavy atom. The predicted octanol–water partition coefficient (Wildman–Crippen LogP) is 9.88. The summed E-state index contributed by atoms with van der Waals surface area (Å²) in [4.78, 5) is 0. The molecule has 12 heteroatoms. The van der Waals surface area contributed by atoms with E-state index in [1.807, 2.05) is 0 Å². The average molecular weight is 778 g/mol. The van der Waals surface area contributed by atoms with E-state index in [0.29, 0.717) is 35.2 Å².